The highest BCUT2D eigenvalue weighted by Crippen LogP contribution is 2.22. The maximum Gasteiger partial charge on any atom is 0.229 e. The summed E-state index contributed by atoms with van der Waals surface area (Å²) >= 11 is 5.90. The average molecular weight is 265 g/mol. The maximum atomic E-state index is 5.90. The molecule has 0 saturated carbocycles. The van der Waals surface area contributed by atoms with Crippen molar-refractivity contribution in [3.8, 4) is 17.1 Å². The zero-order valence-electron chi connectivity index (χ0n) is 10.4. The van der Waals surface area contributed by atoms with Gasteiger partial charge in [-0.3, -0.25) is 0 Å². The molecule has 0 aliphatic carbocycles. The number of hydrogen-bond acceptors (Lipinski definition) is 5. The Labute approximate surface area is 110 Å². The van der Waals surface area contributed by atoms with Crippen molar-refractivity contribution >= 4 is 17.5 Å². The molecule has 2 aromatic rings. The molecule has 18 heavy (non-hydrogen) atoms. The summed E-state index contributed by atoms with van der Waals surface area (Å²) in [6, 6.07) is 7.49. The summed E-state index contributed by atoms with van der Waals surface area (Å²) < 4.78 is 5.17. The van der Waals surface area contributed by atoms with Gasteiger partial charge in [-0.05, 0) is 23.7 Å². The van der Waals surface area contributed by atoms with Gasteiger partial charge in [-0.15, -0.1) is 0 Å². The second kappa shape index (κ2) is 5.18. The van der Waals surface area contributed by atoms with Crippen LogP contribution in [-0.4, -0.2) is 36.2 Å². The van der Waals surface area contributed by atoms with E-state index < -0.39 is 0 Å². The molecule has 0 amide bonds. The Morgan fingerprint density at radius 2 is 1.94 bits per heavy atom. The van der Waals surface area contributed by atoms with Crippen LogP contribution < -0.4 is 9.64 Å². The van der Waals surface area contributed by atoms with Crippen molar-refractivity contribution in [1.29, 1.82) is 0 Å². The topological polar surface area (TPSA) is 51.1 Å². The van der Waals surface area contributed by atoms with Gasteiger partial charge in [-0.1, -0.05) is 12.1 Å². The van der Waals surface area contributed by atoms with Gasteiger partial charge >= 0.3 is 0 Å². The molecule has 0 aliphatic rings. The van der Waals surface area contributed by atoms with Crippen molar-refractivity contribution in [2.45, 2.75) is 0 Å². The summed E-state index contributed by atoms with van der Waals surface area (Å²) in [6.45, 7) is 0. The lowest BCUT2D eigenvalue weighted by atomic mass is 10.2. The Bertz CT molecular complexity index is 560. The van der Waals surface area contributed by atoms with Crippen molar-refractivity contribution in [3.05, 3.63) is 29.5 Å². The lowest BCUT2D eigenvalue weighted by Crippen LogP contribution is -2.13. The van der Waals surface area contributed by atoms with E-state index in [-0.39, 0.29) is 5.28 Å². The average Bonchev–Trinajstić information content (AvgIpc) is 2.38. The van der Waals surface area contributed by atoms with E-state index in [1.54, 1.807) is 12.0 Å². The van der Waals surface area contributed by atoms with Gasteiger partial charge in [0.2, 0.25) is 11.2 Å². The Morgan fingerprint density at radius 1 is 1.17 bits per heavy atom. The molecule has 0 radical (unpaired) electrons. The smallest absolute Gasteiger partial charge is 0.229 e. The molecule has 0 saturated heterocycles. The van der Waals surface area contributed by atoms with Crippen LogP contribution in [0.25, 0.3) is 11.4 Å². The van der Waals surface area contributed by atoms with E-state index in [0.717, 1.165) is 11.3 Å². The first-order valence-electron chi connectivity index (χ1n) is 5.33. The molecule has 0 N–H and O–H groups in total. The zero-order chi connectivity index (χ0) is 13.1. The van der Waals surface area contributed by atoms with Crippen LogP contribution in [0.4, 0.5) is 5.95 Å². The molecular weight excluding hydrogens is 252 g/mol. The van der Waals surface area contributed by atoms with E-state index in [0.29, 0.717) is 11.8 Å². The summed E-state index contributed by atoms with van der Waals surface area (Å²) in [5.74, 6) is 1.79. The minimum Gasteiger partial charge on any atom is -0.497 e. The zero-order valence-corrected chi connectivity index (χ0v) is 11.1. The summed E-state index contributed by atoms with van der Waals surface area (Å²) in [6.07, 6.45) is 0. The Kier molecular flexibility index (Phi) is 3.62. The number of methoxy groups -OCH3 is 1. The van der Waals surface area contributed by atoms with Gasteiger partial charge in [-0.2, -0.15) is 15.0 Å². The van der Waals surface area contributed by atoms with Gasteiger partial charge in [0.25, 0.3) is 0 Å². The van der Waals surface area contributed by atoms with E-state index in [1.807, 2.05) is 38.4 Å². The monoisotopic (exact) mass is 264 g/mol. The highest BCUT2D eigenvalue weighted by atomic mass is 35.5. The Morgan fingerprint density at radius 3 is 2.61 bits per heavy atom. The quantitative estimate of drug-likeness (QED) is 0.851. The van der Waals surface area contributed by atoms with Crippen LogP contribution in [0.2, 0.25) is 5.28 Å². The fourth-order valence-electron chi connectivity index (χ4n) is 1.43. The molecule has 0 atom stereocenters. The van der Waals surface area contributed by atoms with Gasteiger partial charge < -0.3 is 9.64 Å². The molecule has 2 rings (SSSR count). The second-order valence-electron chi connectivity index (χ2n) is 3.85. The molecule has 0 fully saturated rings. The number of benzene rings is 1. The van der Waals surface area contributed by atoms with Crippen molar-refractivity contribution < 1.29 is 4.74 Å². The molecule has 6 heteroatoms. The predicted octanol–water partition coefficient (Wildman–Crippen LogP) is 2.27. The van der Waals surface area contributed by atoms with Crippen LogP contribution in [0, 0.1) is 0 Å². The fraction of sp³-hybridized carbons (Fsp3) is 0.250. The van der Waals surface area contributed by atoms with Gasteiger partial charge in [-0.25, -0.2) is 0 Å². The molecule has 0 bridgehead atoms. The highest BCUT2D eigenvalue weighted by Gasteiger charge is 2.09. The number of nitrogens with zero attached hydrogens (tertiary/aromatic N) is 4. The molecule has 1 aromatic heterocycles. The lowest BCUT2D eigenvalue weighted by molar-refractivity contribution is 0.415. The highest BCUT2D eigenvalue weighted by molar-refractivity contribution is 6.28. The molecule has 0 aliphatic heterocycles. The van der Waals surface area contributed by atoms with E-state index in [9.17, 15) is 0 Å². The van der Waals surface area contributed by atoms with Gasteiger partial charge in [0.1, 0.15) is 5.75 Å². The van der Waals surface area contributed by atoms with E-state index in [4.69, 9.17) is 16.3 Å². The predicted molar refractivity (Wildman–Crippen MR) is 71.2 cm³/mol. The van der Waals surface area contributed by atoms with E-state index >= 15 is 0 Å². The molecular formula is C12H13ClN4O. The first kappa shape index (κ1) is 12.6. The van der Waals surface area contributed by atoms with Crippen molar-refractivity contribution in [2.75, 3.05) is 26.1 Å². The first-order chi connectivity index (χ1) is 8.60. The van der Waals surface area contributed by atoms with Crippen molar-refractivity contribution in [1.82, 2.24) is 15.0 Å². The van der Waals surface area contributed by atoms with Crippen LogP contribution in [-0.2, 0) is 0 Å². The third kappa shape index (κ3) is 2.68. The normalized spacial score (nSPS) is 10.2. The van der Waals surface area contributed by atoms with Crippen LogP contribution in [0.1, 0.15) is 0 Å². The Hall–Kier alpha value is -1.88. The van der Waals surface area contributed by atoms with Gasteiger partial charge in [0, 0.05) is 19.7 Å². The lowest BCUT2D eigenvalue weighted by Gasteiger charge is -2.11. The number of hydrogen-bond donors (Lipinski definition) is 0. The molecule has 1 aromatic carbocycles. The van der Waals surface area contributed by atoms with Crippen LogP contribution in [0.3, 0.4) is 0 Å². The molecule has 0 unspecified atom stereocenters. The first-order valence-corrected chi connectivity index (χ1v) is 5.71. The van der Waals surface area contributed by atoms with Crippen LogP contribution in [0.15, 0.2) is 24.3 Å². The molecule has 5 nitrogen and oxygen atoms in total. The van der Waals surface area contributed by atoms with Gasteiger partial charge in [0.05, 0.1) is 7.11 Å². The SMILES string of the molecule is COc1cccc(-c2nc(Cl)nc(N(C)C)n2)c1. The number of anilines is 1. The van der Waals surface area contributed by atoms with E-state index in [2.05, 4.69) is 15.0 Å². The molecule has 94 valence electrons. The van der Waals surface area contributed by atoms with Crippen molar-refractivity contribution in [3.63, 3.8) is 0 Å². The maximum absolute atomic E-state index is 5.90. The fourth-order valence-corrected chi connectivity index (χ4v) is 1.59. The number of halogens is 1. The largest absolute Gasteiger partial charge is 0.497 e. The van der Waals surface area contributed by atoms with Crippen molar-refractivity contribution in [2.24, 2.45) is 0 Å². The number of aromatic nitrogens is 3. The molecule has 0 spiro atoms. The summed E-state index contributed by atoms with van der Waals surface area (Å²) in [7, 11) is 5.31. The van der Waals surface area contributed by atoms with Crippen LogP contribution >= 0.6 is 11.6 Å². The number of ether oxygens (including phenoxy) is 1. The minimum atomic E-state index is 0.173. The summed E-state index contributed by atoms with van der Waals surface area (Å²) in [4.78, 5) is 14.3. The summed E-state index contributed by atoms with van der Waals surface area (Å²) in [5.41, 5.74) is 0.835. The third-order valence-electron chi connectivity index (χ3n) is 2.32. The van der Waals surface area contributed by atoms with Gasteiger partial charge in [0.15, 0.2) is 5.82 Å². The van der Waals surface area contributed by atoms with Crippen LogP contribution in [0.5, 0.6) is 5.75 Å². The molecule has 1 heterocycles. The third-order valence-corrected chi connectivity index (χ3v) is 2.49. The standard InChI is InChI=1S/C12H13ClN4O/c1-17(2)12-15-10(14-11(13)16-12)8-5-4-6-9(7-8)18-3/h4-7H,1-3H3. The summed E-state index contributed by atoms with van der Waals surface area (Å²) in [5, 5.41) is 0.173. The minimum absolute atomic E-state index is 0.173. The Balaban J connectivity index is 2.49. The second-order valence-corrected chi connectivity index (χ2v) is 4.19. The van der Waals surface area contributed by atoms with E-state index in [1.165, 1.54) is 0 Å². The number of rotatable bonds is 3.